The molecule has 1 heterocycles. The topological polar surface area (TPSA) is 41.6 Å². The van der Waals surface area contributed by atoms with E-state index in [2.05, 4.69) is 24.1 Å². The van der Waals surface area contributed by atoms with Gasteiger partial charge in [-0.3, -0.25) is 9.69 Å². The normalized spacial score (nSPS) is 19.4. The van der Waals surface area contributed by atoms with Gasteiger partial charge in [0.05, 0.1) is 12.7 Å². The maximum atomic E-state index is 11.9. The first-order chi connectivity index (χ1) is 11.0. The van der Waals surface area contributed by atoms with E-state index in [0.29, 0.717) is 12.5 Å². The number of benzene rings is 1. The summed E-state index contributed by atoms with van der Waals surface area (Å²) < 4.78 is 5.74. The zero-order valence-corrected chi connectivity index (χ0v) is 14.4. The molecule has 0 aliphatic carbocycles. The third-order valence-corrected chi connectivity index (χ3v) is 3.85. The van der Waals surface area contributed by atoms with Gasteiger partial charge >= 0.3 is 0 Å². The molecule has 0 bridgehead atoms. The number of carbonyl (C=O) groups excluding carboxylic acids is 1. The molecule has 0 spiro atoms. The van der Waals surface area contributed by atoms with Crippen LogP contribution in [0.2, 0.25) is 0 Å². The van der Waals surface area contributed by atoms with Crippen LogP contribution in [0.15, 0.2) is 30.3 Å². The Labute approximate surface area is 139 Å². The van der Waals surface area contributed by atoms with Crippen molar-refractivity contribution in [3.05, 3.63) is 41.5 Å². The summed E-state index contributed by atoms with van der Waals surface area (Å²) >= 11 is 0. The van der Waals surface area contributed by atoms with E-state index in [4.69, 9.17) is 4.74 Å². The Morgan fingerprint density at radius 3 is 2.83 bits per heavy atom. The number of nitrogens with zero attached hydrogens (tertiary/aromatic N) is 1. The molecule has 1 amide bonds. The number of hydrogen-bond donors (Lipinski definition) is 1. The first-order valence-electron chi connectivity index (χ1n) is 8.39. The number of amides is 1. The quantitative estimate of drug-likeness (QED) is 0.820. The fourth-order valence-corrected chi connectivity index (χ4v) is 2.71. The van der Waals surface area contributed by atoms with Crippen molar-refractivity contribution in [2.75, 3.05) is 32.8 Å². The predicted octanol–water partition coefficient (Wildman–Crippen LogP) is 2.48. The summed E-state index contributed by atoms with van der Waals surface area (Å²) in [6.45, 7) is 10.8. The maximum absolute atomic E-state index is 11.9. The minimum Gasteiger partial charge on any atom is -0.374 e. The van der Waals surface area contributed by atoms with Crippen LogP contribution in [0.3, 0.4) is 0 Å². The van der Waals surface area contributed by atoms with Gasteiger partial charge in [-0.15, -0.1) is 0 Å². The van der Waals surface area contributed by atoms with Gasteiger partial charge in [0.2, 0.25) is 5.91 Å². The molecule has 23 heavy (non-hydrogen) atoms. The summed E-state index contributed by atoms with van der Waals surface area (Å²) in [5.41, 5.74) is 2.25. The van der Waals surface area contributed by atoms with E-state index in [9.17, 15) is 4.79 Å². The van der Waals surface area contributed by atoms with Gasteiger partial charge in [-0.25, -0.2) is 0 Å². The molecule has 2 rings (SSSR count). The van der Waals surface area contributed by atoms with Gasteiger partial charge in [0, 0.05) is 32.3 Å². The Hall–Kier alpha value is -1.65. The van der Waals surface area contributed by atoms with Crippen LogP contribution >= 0.6 is 0 Å². The van der Waals surface area contributed by atoms with E-state index < -0.39 is 0 Å². The van der Waals surface area contributed by atoms with Crippen molar-refractivity contribution in [3.8, 4) is 0 Å². The molecule has 4 nitrogen and oxygen atoms in total. The van der Waals surface area contributed by atoms with E-state index in [0.717, 1.165) is 31.8 Å². The molecule has 1 fully saturated rings. The Morgan fingerprint density at radius 2 is 2.13 bits per heavy atom. The monoisotopic (exact) mass is 316 g/mol. The van der Waals surface area contributed by atoms with Crippen molar-refractivity contribution in [3.63, 3.8) is 0 Å². The van der Waals surface area contributed by atoms with E-state index in [1.807, 2.05) is 37.3 Å². The lowest BCUT2D eigenvalue weighted by Crippen LogP contribution is -2.48. The summed E-state index contributed by atoms with van der Waals surface area (Å²) in [5, 5.41) is 2.93. The minimum absolute atomic E-state index is 0.0739. The van der Waals surface area contributed by atoms with Gasteiger partial charge in [0.25, 0.3) is 0 Å². The zero-order chi connectivity index (χ0) is 16.7. The van der Waals surface area contributed by atoms with Crippen molar-refractivity contribution in [1.82, 2.24) is 10.2 Å². The number of morpholine rings is 1. The maximum Gasteiger partial charge on any atom is 0.244 e. The number of rotatable bonds is 6. The molecule has 1 aromatic rings. The van der Waals surface area contributed by atoms with Gasteiger partial charge in [-0.1, -0.05) is 43.7 Å². The summed E-state index contributed by atoms with van der Waals surface area (Å²) in [6, 6.07) is 8.09. The van der Waals surface area contributed by atoms with Gasteiger partial charge in [0.15, 0.2) is 0 Å². The molecule has 0 aromatic heterocycles. The molecule has 1 aliphatic heterocycles. The lowest BCUT2D eigenvalue weighted by molar-refractivity contribution is -0.117. The van der Waals surface area contributed by atoms with Gasteiger partial charge in [-0.05, 0) is 24.5 Å². The van der Waals surface area contributed by atoms with E-state index >= 15 is 0 Å². The van der Waals surface area contributed by atoms with Crippen LogP contribution in [-0.2, 0) is 9.53 Å². The van der Waals surface area contributed by atoms with E-state index in [-0.39, 0.29) is 12.0 Å². The first-order valence-corrected chi connectivity index (χ1v) is 8.39. The van der Waals surface area contributed by atoms with Crippen molar-refractivity contribution in [1.29, 1.82) is 0 Å². The Balaban J connectivity index is 1.74. The van der Waals surface area contributed by atoms with Crippen LogP contribution < -0.4 is 5.32 Å². The van der Waals surface area contributed by atoms with Crippen LogP contribution in [0.25, 0.3) is 6.08 Å². The van der Waals surface area contributed by atoms with Gasteiger partial charge in [0.1, 0.15) is 0 Å². The lowest BCUT2D eigenvalue weighted by Gasteiger charge is -2.33. The van der Waals surface area contributed by atoms with Crippen molar-refractivity contribution < 1.29 is 9.53 Å². The summed E-state index contributed by atoms with van der Waals surface area (Å²) in [5.74, 6) is 0.580. The molecule has 1 aliphatic rings. The SMILES string of the molecule is Cc1ccc(/C=C/C(=O)NCC2CN(CC(C)C)CCO2)cc1. The minimum atomic E-state index is -0.0739. The largest absolute Gasteiger partial charge is 0.374 e. The molecule has 1 saturated heterocycles. The number of nitrogens with one attached hydrogen (secondary N) is 1. The highest BCUT2D eigenvalue weighted by Crippen LogP contribution is 2.08. The second-order valence-electron chi connectivity index (χ2n) is 6.64. The highest BCUT2D eigenvalue weighted by Gasteiger charge is 2.20. The Bertz CT molecular complexity index is 523. The molecule has 1 N–H and O–H groups in total. The third kappa shape index (κ3) is 6.55. The van der Waals surface area contributed by atoms with Crippen LogP contribution in [-0.4, -0.2) is 49.7 Å². The van der Waals surface area contributed by atoms with E-state index in [1.54, 1.807) is 6.08 Å². The molecule has 126 valence electrons. The molecular weight excluding hydrogens is 288 g/mol. The first kappa shape index (κ1) is 17.7. The molecule has 0 saturated carbocycles. The van der Waals surface area contributed by atoms with Gasteiger partial charge in [-0.2, -0.15) is 0 Å². The highest BCUT2D eigenvalue weighted by atomic mass is 16.5. The van der Waals surface area contributed by atoms with Crippen molar-refractivity contribution in [2.45, 2.75) is 26.9 Å². The van der Waals surface area contributed by atoms with Crippen LogP contribution in [0.4, 0.5) is 0 Å². The second kappa shape index (κ2) is 8.85. The van der Waals surface area contributed by atoms with Crippen LogP contribution in [0.1, 0.15) is 25.0 Å². The smallest absolute Gasteiger partial charge is 0.244 e. The molecule has 0 radical (unpaired) electrons. The number of hydrogen-bond acceptors (Lipinski definition) is 3. The van der Waals surface area contributed by atoms with E-state index in [1.165, 1.54) is 5.56 Å². The van der Waals surface area contributed by atoms with Crippen molar-refractivity contribution in [2.24, 2.45) is 5.92 Å². The zero-order valence-electron chi connectivity index (χ0n) is 14.4. The second-order valence-corrected chi connectivity index (χ2v) is 6.64. The standard InChI is InChI=1S/C19H28N2O2/c1-15(2)13-21-10-11-23-18(14-21)12-20-19(22)9-8-17-6-4-16(3)5-7-17/h4-9,15,18H,10-14H2,1-3H3,(H,20,22)/b9-8+. The number of aryl methyl sites for hydroxylation is 1. The summed E-state index contributed by atoms with van der Waals surface area (Å²) in [4.78, 5) is 14.3. The van der Waals surface area contributed by atoms with Gasteiger partial charge < -0.3 is 10.1 Å². The lowest BCUT2D eigenvalue weighted by atomic mass is 10.1. The third-order valence-electron chi connectivity index (χ3n) is 3.85. The molecule has 4 heteroatoms. The Morgan fingerprint density at radius 1 is 1.39 bits per heavy atom. The highest BCUT2D eigenvalue weighted by molar-refractivity contribution is 5.91. The van der Waals surface area contributed by atoms with Crippen LogP contribution in [0.5, 0.6) is 0 Å². The fourth-order valence-electron chi connectivity index (χ4n) is 2.71. The molecule has 1 aromatic carbocycles. The fraction of sp³-hybridized carbons (Fsp3) is 0.526. The average Bonchev–Trinajstić information content (AvgIpc) is 2.52. The average molecular weight is 316 g/mol. The molecule has 1 atom stereocenters. The summed E-state index contributed by atoms with van der Waals surface area (Å²) in [7, 11) is 0. The molecular formula is C19H28N2O2. The van der Waals surface area contributed by atoms with Crippen LogP contribution in [0, 0.1) is 12.8 Å². The Kier molecular flexibility index (Phi) is 6.81. The number of carbonyl (C=O) groups is 1. The summed E-state index contributed by atoms with van der Waals surface area (Å²) in [6.07, 6.45) is 3.50. The predicted molar refractivity (Wildman–Crippen MR) is 94.2 cm³/mol. The van der Waals surface area contributed by atoms with Crippen molar-refractivity contribution >= 4 is 12.0 Å². The molecule has 1 unspecified atom stereocenters. The number of ether oxygens (including phenoxy) is 1.